The highest BCUT2D eigenvalue weighted by molar-refractivity contribution is 6.13. The van der Waals surface area contributed by atoms with E-state index < -0.39 is 17.2 Å². The van der Waals surface area contributed by atoms with Crippen LogP contribution in [0.25, 0.3) is 32.8 Å². The molecule has 0 aliphatic heterocycles. The highest BCUT2D eigenvalue weighted by Gasteiger charge is 2.30. The second-order valence-corrected chi connectivity index (χ2v) is 10.7. The Kier molecular flexibility index (Phi) is 6.03. The number of hydrogen-bond donors (Lipinski definition) is 2. The number of hydrogen-bond acceptors (Lipinski definition) is 3. The van der Waals surface area contributed by atoms with Gasteiger partial charge in [0, 0.05) is 33.1 Å². The highest BCUT2D eigenvalue weighted by atomic mass is 19.1. The van der Waals surface area contributed by atoms with Gasteiger partial charge in [-0.3, -0.25) is 0 Å². The van der Waals surface area contributed by atoms with Gasteiger partial charge in [0.05, 0.1) is 0 Å². The molecule has 0 saturated heterocycles. The maximum Gasteiger partial charge on any atom is 0.347 e. The number of carbonyl (C=O) groups is 1. The Hall–Kier alpha value is -4.12. The molecule has 0 amide bonds. The van der Waals surface area contributed by atoms with Crippen LogP contribution in [-0.2, 0) is 5.41 Å². The Balaban J connectivity index is 1.80. The minimum atomic E-state index is -0.671. The lowest BCUT2D eigenvalue weighted by Crippen LogP contribution is -2.14. The first-order chi connectivity index (χ1) is 17.6. The van der Waals surface area contributed by atoms with Crippen molar-refractivity contribution in [2.45, 2.75) is 46.0 Å². The van der Waals surface area contributed by atoms with Gasteiger partial charge in [-0.15, -0.1) is 0 Å². The van der Waals surface area contributed by atoms with E-state index in [1.165, 1.54) is 6.07 Å². The largest absolute Gasteiger partial charge is 0.506 e. The van der Waals surface area contributed by atoms with E-state index in [0.29, 0.717) is 33.2 Å². The van der Waals surface area contributed by atoms with E-state index in [0.717, 1.165) is 16.6 Å². The van der Waals surface area contributed by atoms with E-state index in [2.05, 4.69) is 4.98 Å². The average Bonchev–Trinajstić information content (AvgIpc) is 3.25. The van der Waals surface area contributed by atoms with Gasteiger partial charge in [0.2, 0.25) is 0 Å². The number of fused-ring (bicyclic) bond motifs is 2. The number of aromatic hydroxyl groups is 1. The average molecular weight is 496 g/mol. The number of H-pyrrole nitrogens is 1. The molecule has 4 aromatic carbocycles. The molecule has 0 saturated carbocycles. The Morgan fingerprint density at radius 2 is 1.65 bits per heavy atom. The number of esters is 1. The van der Waals surface area contributed by atoms with Crippen LogP contribution in [0.5, 0.6) is 11.5 Å². The van der Waals surface area contributed by atoms with Gasteiger partial charge in [0.25, 0.3) is 0 Å². The molecule has 1 aromatic heterocycles. The molecule has 5 heteroatoms. The third-order valence-corrected chi connectivity index (χ3v) is 6.76. The van der Waals surface area contributed by atoms with E-state index in [1.807, 2.05) is 83.1 Å². The molecule has 5 rings (SSSR count). The number of nitrogens with one attached hydrogen (secondary N) is 1. The zero-order chi connectivity index (χ0) is 26.5. The van der Waals surface area contributed by atoms with Crippen molar-refractivity contribution in [1.29, 1.82) is 0 Å². The summed E-state index contributed by atoms with van der Waals surface area (Å²) < 4.78 is 21.2. The first-order valence-electron chi connectivity index (χ1n) is 12.4. The molecule has 37 heavy (non-hydrogen) atoms. The molecule has 0 aliphatic carbocycles. The van der Waals surface area contributed by atoms with E-state index in [1.54, 1.807) is 18.2 Å². The number of phenolic OH excluding ortho intramolecular Hbond substituents is 1. The molecule has 0 fully saturated rings. The fourth-order valence-electron chi connectivity index (χ4n) is 4.97. The number of carbonyl (C=O) groups excluding carboxylic acids is 1. The van der Waals surface area contributed by atoms with Crippen LogP contribution in [0, 0.1) is 5.82 Å². The summed E-state index contributed by atoms with van der Waals surface area (Å²) in [5.74, 6) is -0.712. The summed E-state index contributed by atoms with van der Waals surface area (Å²) in [6, 6.07) is 21.4. The minimum absolute atomic E-state index is 0.0257. The van der Waals surface area contributed by atoms with Crippen molar-refractivity contribution in [3.8, 4) is 22.6 Å². The predicted octanol–water partition coefficient (Wildman–Crippen LogP) is 8.47. The maximum absolute atomic E-state index is 15.3. The van der Waals surface area contributed by atoms with Crippen LogP contribution in [-0.4, -0.2) is 16.1 Å². The Bertz CT molecular complexity index is 1660. The lowest BCUT2D eigenvalue weighted by atomic mass is 9.84. The van der Waals surface area contributed by atoms with Gasteiger partial charge in [-0.2, -0.15) is 0 Å². The lowest BCUT2D eigenvalue weighted by molar-refractivity contribution is 0.0730. The summed E-state index contributed by atoms with van der Waals surface area (Å²) in [7, 11) is 0. The monoisotopic (exact) mass is 495 g/mol. The Morgan fingerprint density at radius 3 is 2.38 bits per heavy atom. The topological polar surface area (TPSA) is 62.3 Å². The summed E-state index contributed by atoms with van der Waals surface area (Å²) in [6.07, 6.45) is 0. The van der Waals surface area contributed by atoms with Gasteiger partial charge in [0.15, 0.2) is 0 Å². The second kappa shape index (κ2) is 9.07. The standard InChI is InChI=1S/C32H30FNO3/c1-18(2)20-12-8-9-16-25(20)37-31(36)22-17-19-11-6-7-13-21(19)26(29(22)35)28-27-23(33)14-10-15-24(27)34-30(28)32(3,4)5/h6-18,34-35H,1-5H3. The molecular weight excluding hydrogens is 465 g/mol. The van der Waals surface area contributed by atoms with Crippen LogP contribution in [0.2, 0.25) is 0 Å². The number of halogens is 1. The van der Waals surface area contributed by atoms with Gasteiger partial charge < -0.3 is 14.8 Å². The molecular formula is C32H30FNO3. The summed E-state index contributed by atoms with van der Waals surface area (Å²) >= 11 is 0. The fraction of sp³-hybridized carbons (Fsp3) is 0.219. The quantitative estimate of drug-likeness (QED) is 0.194. The van der Waals surface area contributed by atoms with Crippen LogP contribution < -0.4 is 4.74 Å². The molecule has 5 aromatic rings. The summed E-state index contributed by atoms with van der Waals surface area (Å²) in [5, 5.41) is 13.5. The Morgan fingerprint density at radius 1 is 0.946 bits per heavy atom. The zero-order valence-corrected chi connectivity index (χ0v) is 21.6. The first-order valence-corrected chi connectivity index (χ1v) is 12.4. The highest BCUT2D eigenvalue weighted by Crippen LogP contribution is 2.47. The number of para-hydroxylation sites is 1. The van der Waals surface area contributed by atoms with E-state index in [-0.39, 0.29) is 17.2 Å². The van der Waals surface area contributed by atoms with Gasteiger partial charge >= 0.3 is 5.97 Å². The van der Waals surface area contributed by atoms with Crippen LogP contribution >= 0.6 is 0 Å². The van der Waals surface area contributed by atoms with Gasteiger partial charge in [-0.1, -0.05) is 83.1 Å². The smallest absolute Gasteiger partial charge is 0.347 e. The SMILES string of the molecule is CC(C)c1ccccc1OC(=O)c1cc2ccccc2c(-c2c(C(C)(C)C)[nH]c3cccc(F)c23)c1O. The van der Waals surface area contributed by atoms with Crippen molar-refractivity contribution in [3.05, 3.63) is 95.4 Å². The predicted molar refractivity (Wildman–Crippen MR) is 147 cm³/mol. The summed E-state index contributed by atoms with van der Waals surface area (Å²) in [5.41, 5.74) is 2.87. The first kappa shape index (κ1) is 24.6. The van der Waals surface area contributed by atoms with Crippen molar-refractivity contribution in [2.75, 3.05) is 0 Å². The molecule has 0 unspecified atom stereocenters. The van der Waals surface area contributed by atoms with Crippen LogP contribution in [0.1, 0.15) is 62.2 Å². The molecule has 0 spiro atoms. The van der Waals surface area contributed by atoms with Gasteiger partial charge in [0.1, 0.15) is 22.9 Å². The third-order valence-electron chi connectivity index (χ3n) is 6.76. The molecule has 2 N–H and O–H groups in total. The molecule has 188 valence electrons. The van der Waals surface area contributed by atoms with Crippen LogP contribution in [0.4, 0.5) is 4.39 Å². The third kappa shape index (κ3) is 4.25. The molecule has 1 heterocycles. The van der Waals surface area contributed by atoms with E-state index in [9.17, 15) is 9.90 Å². The van der Waals surface area contributed by atoms with Crippen molar-refractivity contribution in [2.24, 2.45) is 0 Å². The summed E-state index contributed by atoms with van der Waals surface area (Å²) in [4.78, 5) is 16.9. The number of aromatic amines is 1. The maximum atomic E-state index is 15.3. The Labute approximate surface area is 215 Å². The zero-order valence-electron chi connectivity index (χ0n) is 21.6. The number of benzene rings is 4. The molecule has 0 bridgehead atoms. The summed E-state index contributed by atoms with van der Waals surface area (Å²) in [6.45, 7) is 10.1. The number of ether oxygens (including phenoxy) is 1. The fourth-order valence-corrected chi connectivity index (χ4v) is 4.97. The van der Waals surface area contributed by atoms with E-state index >= 15 is 4.39 Å². The molecule has 4 nitrogen and oxygen atoms in total. The van der Waals surface area contributed by atoms with Crippen molar-refractivity contribution >= 4 is 27.6 Å². The van der Waals surface area contributed by atoms with Crippen molar-refractivity contribution < 1.29 is 19.0 Å². The van der Waals surface area contributed by atoms with Gasteiger partial charge in [-0.05, 0) is 46.5 Å². The normalized spacial score (nSPS) is 12.0. The molecule has 0 radical (unpaired) electrons. The van der Waals surface area contributed by atoms with Crippen molar-refractivity contribution in [3.63, 3.8) is 0 Å². The lowest BCUT2D eigenvalue weighted by Gasteiger charge is -2.22. The molecule has 0 aliphatic rings. The second-order valence-electron chi connectivity index (χ2n) is 10.7. The molecule has 0 atom stereocenters. The van der Waals surface area contributed by atoms with Crippen LogP contribution in [0.15, 0.2) is 72.8 Å². The van der Waals surface area contributed by atoms with Crippen LogP contribution in [0.3, 0.4) is 0 Å². The number of aromatic nitrogens is 1. The number of phenols is 1. The van der Waals surface area contributed by atoms with Crippen molar-refractivity contribution in [1.82, 2.24) is 4.98 Å². The van der Waals surface area contributed by atoms with Gasteiger partial charge in [-0.25, -0.2) is 9.18 Å². The number of rotatable bonds is 4. The van der Waals surface area contributed by atoms with E-state index in [4.69, 9.17) is 4.74 Å². The minimum Gasteiger partial charge on any atom is -0.506 e.